The number of hydrogen-bond donors (Lipinski definition) is 2. The molecule has 0 unspecified atom stereocenters. The highest BCUT2D eigenvalue weighted by atomic mass is 16.5. The average Bonchev–Trinajstić information content (AvgIpc) is 2.80. The van der Waals surface area contributed by atoms with Crippen LogP contribution < -0.4 is 20.1 Å². The van der Waals surface area contributed by atoms with Crippen molar-refractivity contribution in [1.29, 1.82) is 0 Å². The molecule has 2 amide bonds. The molecule has 30 heavy (non-hydrogen) atoms. The van der Waals surface area contributed by atoms with Crippen LogP contribution in [-0.4, -0.2) is 38.1 Å². The van der Waals surface area contributed by atoms with Gasteiger partial charge in [0.05, 0.1) is 13.1 Å². The van der Waals surface area contributed by atoms with E-state index in [9.17, 15) is 9.59 Å². The molecule has 2 N–H and O–H groups in total. The summed E-state index contributed by atoms with van der Waals surface area (Å²) in [4.78, 5) is 23.7. The molecule has 0 saturated carbocycles. The Morgan fingerprint density at radius 3 is 2.13 bits per heavy atom. The zero-order valence-corrected chi connectivity index (χ0v) is 16.5. The minimum absolute atomic E-state index is 0.114. The predicted octanol–water partition coefficient (Wildman–Crippen LogP) is 3.04. The van der Waals surface area contributed by atoms with Crippen LogP contribution in [0.25, 0.3) is 11.1 Å². The number of rotatable bonds is 10. The molecule has 0 aromatic heterocycles. The van der Waals surface area contributed by atoms with E-state index in [1.807, 2.05) is 72.8 Å². The highest BCUT2D eigenvalue weighted by Gasteiger charge is 2.08. The second-order valence-corrected chi connectivity index (χ2v) is 6.44. The third-order valence-corrected chi connectivity index (χ3v) is 4.21. The molecule has 0 heterocycles. The Morgan fingerprint density at radius 2 is 1.37 bits per heavy atom. The lowest BCUT2D eigenvalue weighted by atomic mass is 10.1. The molecule has 3 aromatic rings. The molecule has 154 valence electrons. The van der Waals surface area contributed by atoms with Gasteiger partial charge in [-0.1, -0.05) is 66.7 Å². The number of carbonyl (C=O) groups excluding carboxylic acids is 2. The summed E-state index contributed by atoms with van der Waals surface area (Å²) in [5.41, 5.74) is 2.06. The molecule has 0 aliphatic rings. The van der Waals surface area contributed by atoms with E-state index in [-0.39, 0.29) is 25.0 Å². The lowest BCUT2D eigenvalue weighted by Crippen LogP contribution is -2.40. The minimum Gasteiger partial charge on any atom is -0.491 e. The van der Waals surface area contributed by atoms with Crippen molar-refractivity contribution < 1.29 is 19.1 Å². The SMILES string of the molecule is O=C(CNC(=O)COc1ccccc1)NCCOc1ccccc1-c1ccccc1. The van der Waals surface area contributed by atoms with Crippen LogP contribution in [0.1, 0.15) is 0 Å². The van der Waals surface area contributed by atoms with Gasteiger partial charge in [-0.2, -0.15) is 0 Å². The fraction of sp³-hybridized carbons (Fsp3) is 0.167. The Balaban J connectivity index is 1.35. The number of amides is 2. The van der Waals surface area contributed by atoms with Gasteiger partial charge in [0.15, 0.2) is 6.61 Å². The molecule has 3 aromatic carbocycles. The van der Waals surface area contributed by atoms with Gasteiger partial charge in [0.25, 0.3) is 5.91 Å². The van der Waals surface area contributed by atoms with Gasteiger partial charge in [0, 0.05) is 5.56 Å². The van der Waals surface area contributed by atoms with Crippen molar-refractivity contribution in [2.75, 3.05) is 26.3 Å². The van der Waals surface area contributed by atoms with E-state index in [0.717, 1.165) is 16.9 Å². The van der Waals surface area contributed by atoms with E-state index < -0.39 is 0 Å². The van der Waals surface area contributed by atoms with Crippen LogP contribution in [0.3, 0.4) is 0 Å². The van der Waals surface area contributed by atoms with Crippen LogP contribution in [0.15, 0.2) is 84.9 Å². The molecule has 6 heteroatoms. The Bertz CT molecular complexity index is 946. The predicted molar refractivity (Wildman–Crippen MR) is 115 cm³/mol. The number of nitrogens with one attached hydrogen (secondary N) is 2. The average molecular weight is 404 g/mol. The number of carbonyl (C=O) groups is 2. The monoisotopic (exact) mass is 404 g/mol. The van der Waals surface area contributed by atoms with Gasteiger partial charge in [0.2, 0.25) is 5.91 Å². The number of para-hydroxylation sites is 2. The quantitative estimate of drug-likeness (QED) is 0.509. The van der Waals surface area contributed by atoms with Crippen molar-refractivity contribution in [1.82, 2.24) is 10.6 Å². The number of hydrogen-bond acceptors (Lipinski definition) is 4. The van der Waals surface area contributed by atoms with Crippen molar-refractivity contribution >= 4 is 11.8 Å². The first-order valence-corrected chi connectivity index (χ1v) is 9.71. The van der Waals surface area contributed by atoms with E-state index in [0.29, 0.717) is 18.9 Å². The molecule has 3 rings (SSSR count). The van der Waals surface area contributed by atoms with Crippen molar-refractivity contribution in [3.63, 3.8) is 0 Å². The van der Waals surface area contributed by atoms with E-state index in [2.05, 4.69) is 10.6 Å². The minimum atomic E-state index is -0.359. The van der Waals surface area contributed by atoms with Crippen LogP contribution in [0.5, 0.6) is 11.5 Å². The van der Waals surface area contributed by atoms with Gasteiger partial charge in [-0.3, -0.25) is 9.59 Å². The normalized spacial score (nSPS) is 10.1. The van der Waals surface area contributed by atoms with Crippen LogP contribution in [0, 0.1) is 0 Å². The standard InChI is InChI=1S/C24H24N2O4/c27-23(17-26-24(28)18-30-20-11-5-2-6-12-20)25-15-16-29-22-14-8-7-13-21(22)19-9-3-1-4-10-19/h1-14H,15-18H2,(H,25,27)(H,26,28). The largest absolute Gasteiger partial charge is 0.491 e. The number of ether oxygens (including phenoxy) is 2. The van der Waals surface area contributed by atoms with Crippen molar-refractivity contribution in [3.05, 3.63) is 84.9 Å². The summed E-state index contributed by atoms with van der Waals surface area (Å²) in [6, 6.07) is 26.8. The first kappa shape index (κ1) is 20.9. The smallest absolute Gasteiger partial charge is 0.258 e. The molecule has 6 nitrogen and oxygen atoms in total. The molecule has 0 aliphatic carbocycles. The lowest BCUT2D eigenvalue weighted by molar-refractivity contribution is -0.127. The van der Waals surface area contributed by atoms with Crippen LogP contribution >= 0.6 is 0 Å². The maximum Gasteiger partial charge on any atom is 0.258 e. The molecule has 0 fully saturated rings. The van der Waals surface area contributed by atoms with E-state index in [1.165, 1.54) is 0 Å². The molecule has 0 atom stereocenters. The second kappa shape index (κ2) is 11.3. The first-order chi connectivity index (χ1) is 14.7. The zero-order chi connectivity index (χ0) is 21.0. The van der Waals surface area contributed by atoms with Gasteiger partial charge < -0.3 is 20.1 Å². The molecule has 0 radical (unpaired) electrons. The Labute approximate surface area is 175 Å². The molecule has 0 saturated heterocycles. The van der Waals surface area contributed by atoms with E-state index in [4.69, 9.17) is 9.47 Å². The van der Waals surface area contributed by atoms with Crippen LogP contribution in [-0.2, 0) is 9.59 Å². The molecule has 0 bridgehead atoms. The first-order valence-electron chi connectivity index (χ1n) is 9.71. The lowest BCUT2D eigenvalue weighted by Gasteiger charge is -2.12. The van der Waals surface area contributed by atoms with Gasteiger partial charge in [-0.05, 0) is 23.8 Å². The summed E-state index contributed by atoms with van der Waals surface area (Å²) in [6.07, 6.45) is 0. The summed E-state index contributed by atoms with van der Waals surface area (Å²) in [6.45, 7) is 0.396. The highest BCUT2D eigenvalue weighted by molar-refractivity contribution is 5.85. The summed E-state index contributed by atoms with van der Waals surface area (Å²) in [5, 5.41) is 5.25. The van der Waals surface area contributed by atoms with Gasteiger partial charge in [-0.15, -0.1) is 0 Å². The molecule has 0 spiro atoms. The van der Waals surface area contributed by atoms with Crippen LogP contribution in [0.2, 0.25) is 0 Å². The number of benzene rings is 3. The van der Waals surface area contributed by atoms with Crippen LogP contribution in [0.4, 0.5) is 0 Å². The summed E-state index contributed by atoms with van der Waals surface area (Å²) < 4.78 is 11.2. The topological polar surface area (TPSA) is 76.7 Å². The summed E-state index contributed by atoms with van der Waals surface area (Å²) >= 11 is 0. The summed E-state index contributed by atoms with van der Waals surface area (Å²) in [5.74, 6) is 0.708. The van der Waals surface area contributed by atoms with Crippen molar-refractivity contribution in [2.45, 2.75) is 0 Å². The molecule has 0 aliphatic heterocycles. The van der Waals surface area contributed by atoms with Crippen molar-refractivity contribution in [2.24, 2.45) is 0 Å². The third-order valence-electron chi connectivity index (χ3n) is 4.21. The third kappa shape index (κ3) is 6.67. The maximum absolute atomic E-state index is 11.9. The fourth-order valence-electron chi connectivity index (χ4n) is 2.76. The molecular formula is C24H24N2O4. The van der Waals surface area contributed by atoms with E-state index >= 15 is 0 Å². The summed E-state index contributed by atoms with van der Waals surface area (Å²) in [7, 11) is 0. The highest BCUT2D eigenvalue weighted by Crippen LogP contribution is 2.29. The van der Waals surface area contributed by atoms with E-state index in [1.54, 1.807) is 12.1 Å². The van der Waals surface area contributed by atoms with Gasteiger partial charge in [0.1, 0.15) is 18.1 Å². The Morgan fingerprint density at radius 1 is 0.700 bits per heavy atom. The fourth-order valence-corrected chi connectivity index (χ4v) is 2.76. The maximum atomic E-state index is 11.9. The zero-order valence-electron chi connectivity index (χ0n) is 16.5. The Kier molecular flexibility index (Phi) is 7.85. The molecular weight excluding hydrogens is 380 g/mol. The van der Waals surface area contributed by atoms with Crippen molar-refractivity contribution in [3.8, 4) is 22.6 Å². The van der Waals surface area contributed by atoms with Gasteiger partial charge in [-0.25, -0.2) is 0 Å². The second-order valence-electron chi connectivity index (χ2n) is 6.44. The van der Waals surface area contributed by atoms with Gasteiger partial charge >= 0.3 is 0 Å². The Hall–Kier alpha value is -3.80.